The fourth-order valence-corrected chi connectivity index (χ4v) is 4.83. The molecule has 0 aliphatic heterocycles. The number of nitrogens with one attached hydrogen (secondary N) is 4. The van der Waals surface area contributed by atoms with Crippen LogP contribution in [-0.4, -0.2) is 26.9 Å². The molecule has 4 N–H and O–H groups in total. The molecule has 0 saturated carbocycles. The van der Waals surface area contributed by atoms with Crippen LogP contribution < -0.4 is 16.4 Å². The van der Waals surface area contributed by atoms with E-state index < -0.39 is 11.7 Å². The number of rotatable bonds is 6. The maximum Gasteiger partial charge on any atom is 0.439 e. The second-order valence-corrected chi connectivity index (χ2v) is 9.86. The summed E-state index contributed by atoms with van der Waals surface area (Å²) < 4.78 is 5.35. The van der Waals surface area contributed by atoms with Gasteiger partial charge in [0.15, 0.2) is 5.82 Å². The second-order valence-electron chi connectivity index (χ2n) is 8.95. The molecule has 0 fully saturated rings. The van der Waals surface area contributed by atoms with Crippen LogP contribution in [0.25, 0.3) is 33.1 Å². The van der Waals surface area contributed by atoms with Crippen LogP contribution in [0, 0.1) is 0 Å². The summed E-state index contributed by atoms with van der Waals surface area (Å²) in [6, 6.07) is 26.3. The van der Waals surface area contributed by atoms with Crippen LogP contribution in [0.1, 0.15) is 16.1 Å². The third kappa shape index (κ3) is 5.10. The minimum atomic E-state index is -0.701. The number of aromatic nitrogens is 3. The highest BCUT2D eigenvalue weighted by Gasteiger charge is 2.17. The van der Waals surface area contributed by atoms with E-state index in [1.165, 1.54) is 0 Å². The van der Waals surface area contributed by atoms with Crippen molar-refractivity contribution < 1.29 is 14.1 Å². The SMILES string of the molecule is O=C(Cc1ccc2ccccc2c1)Nc1cccc2cc(C(=O)Nc3ccc(Br)cc3-c3noc(=O)[nH]3)[nH]c12. The lowest BCUT2D eigenvalue weighted by Crippen LogP contribution is -2.15. The molecular formula is C29H20BrN5O4. The minimum absolute atomic E-state index is 0.167. The second kappa shape index (κ2) is 10.1. The lowest BCUT2D eigenvalue weighted by molar-refractivity contribution is -0.115. The van der Waals surface area contributed by atoms with E-state index >= 15 is 0 Å². The monoisotopic (exact) mass is 581 g/mol. The predicted octanol–water partition coefficient (Wildman–Crippen LogP) is 5.86. The largest absolute Gasteiger partial charge is 0.439 e. The highest BCUT2D eigenvalue weighted by molar-refractivity contribution is 9.10. The van der Waals surface area contributed by atoms with Crippen molar-refractivity contribution in [2.45, 2.75) is 6.42 Å². The number of nitrogens with zero attached hydrogens (tertiary/aromatic N) is 1. The van der Waals surface area contributed by atoms with Gasteiger partial charge >= 0.3 is 5.76 Å². The van der Waals surface area contributed by atoms with Crippen molar-refractivity contribution in [1.82, 2.24) is 15.1 Å². The van der Waals surface area contributed by atoms with Crippen molar-refractivity contribution in [2.24, 2.45) is 0 Å². The van der Waals surface area contributed by atoms with E-state index in [9.17, 15) is 14.4 Å². The van der Waals surface area contributed by atoms with Gasteiger partial charge < -0.3 is 15.6 Å². The van der Waals surface area contributed by atoms with E-state index in [2.05, 4.69) is 46.2 Å². The maximum absolute atomic E-state index is 13.2. The van der Waals surface area contributed by atoms with Crippen molar-refractivity contribution in [2.75, 3.05) is 10.6 Å². The van der Waals surface area contributed by atoms with Crippen molar-refractivity contribution in [3.8, 4) is 11.4 Å². The topological polar surface area (TPSA) is 133 Å². The number of aromatic amines is 2. The Bertz CT molecular complexity index is 1940. The summed E-state index contributed by atoms with van der Waals surface area (Å²) >= 11 is 3.39. The molecule has 0 saturated heterocycles. The van der Waals surface area contributed by atoms with Gasteiger partial charge in [0, 0.05) is 15.4 Å². The number of benzene rings is 4. The van der Waals surface area contributed by atoms with Crippen LogP contribution in [0.15, 0.2) is 98.7 Å². The van der Waals surface area contributed by atoms with E-state index in [0.29, 0.717) is 28.1 Å². The smallest absolute Gasteiger partial charge is 0.349 e. The first kappa shape index (κ1) is 24.4. The minimum Gasteiger partial charge on any atom is -0.349 e. The Balaban J connectivity index is 1.22. The molecule has 6 aromatic rings. The van der Waals surface area contributed by atoms with Gasteiger partial charge in [-0.2, -0.15) is 0 Å². The van der Waals surface area contributed by atoms with Crippen molar-refractivity contribution >= 4 is 60.8 Å². The molecule has 2 amide bonds. The van der Waals surface area contributed by atoms with Crippen LogP contribution in [0.4, 0.5) is 11.4 Å². The first-order valence-electron chi connectivity index (χ1n) is 12.0. The molecule has 39 heavy (non-hydrogen) atoms. The number of amides is 2. The standard InChI is InChI=1S/C29H20BrN5O4/c30-20-10-11-22(21(15-20)27-34-29(38)39-35-27)33-28(37)24-14-19-6-3-7-23(26(19)32-24)31-25(36)13-16-8-9-17-4-1-2-5-18(17)12-16/h1-12,14-15,32H,13H2,(H,31,36)(H,33,37)(H,34,35,38). The number of anilines is 2. The van der Waals surface area contributed by atoms with Crippen molar-refractivity contribution in [3.05, 3.63) is 111 Å². The van der Waals surface area contributed by atoms with Crippen molar-refractivity contribution in [3.63, 3.8) is 0 Å². The van der Waals surface area contributed by atoms with Gasteiger partial charge in [0.1, 0.15) is 5.69 Å². The molecule has 2 heterocycles. The average Bonchev–Trinajstić information content (AvgIpc) is 3.57. The Labute approximate surface area is 229 Å². The number of fused-ring (bicyclic) bond motifs is 2. The third-order valence-corrected chi connectivity index (χ3v) is 6.77. The van der Waals surface area contributed by atoms with Crippen LogP contribution in [-0.2, 0) is 11.2 Å². The Morgan fingerprint density at radius 3 is 2.46 bits per heavy atom. The molecule has 9 nitrogen and oxygen atoms in total. The van der Waals surface area contributed by atoms with Crippen LogP contribution >= 0.6 is 15.9 Å². The summed E-state index contributed by atoms with van der Waals surface area (Å²) in [4.78, 5) is 43.1. The molecule has 0 aliphatic carbocycles. The molecule has 0 radical (unpaired) electrons. The molecule has 10 heteroatoms. The summed E-state index contributed by atoms with van der Waals surface area (Å²) in [5, 5.41) is 12.5. The number of hydrogen-bond donors (Lipinski definition) is 4. The summed E-state index contributed by atoms with van der Waals surface area (Å²) in [5.41, 5.74) is 3.30. The van der Waals surface area contributed by atoms with Crippen LogP contribution in [0.5, 0.6) is 0 Å². The van der Waals surface area contributed by atoms with Crippen LogP contribution in [0.2, 0.25) is 0 Å². The lowest BCUT2D eigenvalue weighted by atomic mass is 10.0. The van der Waals surface area contributed by atoms with Gasteiger partial charge in [-0.25, -0.2) is 4.79 Å². The average molecular weight is 582 g/mol. The number of H-pyrrole nitrogens is 2. The van der Waals surface area contributed by atoms with Crippen LogP contribution in [0.3, 0.4) is 0 Å². The fraction of sp³-hybridized carbons (Fsp3) is 0.0345. The first-order valence-corrected chi connectivity index (χ1v) is 12.8. The van der Waals surface area contributed by atoms with E-state index in [1.54, 1.807) is 30.3 Å². The molecule has 0 atom stereocenters. The number of carbonyl (C=O) groups excluding carboxylic acids is 2. The van der Waals surface area contributed by atoms with Gasteiger partial charge in [-0.05, 0) is 46.7 Å². The summed E-state index contributed by atoms with van der Waals surface area (Å²) in [6.07, 6.45) is 0.214. The predicted molar refractivity (Wildman–Crippen MR) is 153 cm³/mol. The zero-order valence-electron chi connectivity index (χ0n) is 20.2. The molecule has 6 rings (SSSR count). The van der Waals surface area contributed by atoms with E-state index in [4.69, 9.17) is 0 Å². The fourth-order valence-electron chi connectivity index (χ4n) is 4.47. The Morgan fingerprint density at radius 2 is 1.64 bits per heavy atom. The number of para-hydroxylation sites is 1. The molecular weight excluding hydrogens is 562 g/mol. The summed E-state index contributed by atoms with van der Waals surface area (Å²) in [7, 11) is 0. The highest BCUT2D eigenvalue weighted by Crippen LogP contribution is 2.30. The van der Waals surface area contributed by atoms with E-state index in [0.717, 1.165) is 26.2 Å². The first-order chi connectivity index (χ1) is 18.9. The molecule has 2 aromatic heterocycles. The normalized spacial score (nSPS) is 11.1. The molecule has 0 aliphatic rings. The molecule has 192 valence electrons. The summed E-state index contributed by atoms with van der Waals surface area (Å²) in [5.74, 6) is -1.09. The number of carbonyl (C=O) groups is 2. The number of halogens is 1. The molecule has 4 aromatic carbocycles. The zero-order chi connectivity index (χ0) is 26.9. The number of hydrogen-bond acceptors (Lipinski definition) is 5. The lowest BCUT2D eigenvalue weighted by Gasteiger charge is -2.09. The molecule has 0 bridgehead atoms. The van der Waals surface area contributed by atoms with Gasteiger partial charge in [0.25, 0.3) is 5.91 Å². The van der Waals surface area contributed by atoms with Gasteiger partial charge in [-0.15, -0.1) is 0 Å². The summed E-state index contributed by atoms with van der Waals surface area (Å²) in [6.45, 7) is 0. The highest BCUT2D eigenvalue weighted by atomic mass is 79.9. The van der Waals surface area contributed by atoms with Gasteiger partial charge in [-0.3, -0.25) is 19.1 Å². The third-order valence-electron chi connectivity index (χ3n) is 6.28. The Hall–Kier alpha value is -4.96. The van der Waals surface area contributed by atoms with Crippen molar-refractivity contribution in [1.29, 1.82) is 0 Å². The van der Waals surface area contributed by atoms with Gasteiger partial charge in [0.2, 0.25) is 5.91 Å². The Kier molecular flexibility index (Phi) is 6.29. The molecule has 0 spiro atoms. The quantitative estimate of drug-likeness (QED) is 0.195. The Morgan fingerprint density at radius 1 is 0.821 bits per heavy atom. The van der Waals surface area contributed by atoms with E-state index in [-0.39, 0.29) is 18.2 Å². The zero-order valence-corrected chi connectivity index (χ0v) is 21.8. The van der Waals surface area contributed by atoms with E-state index in [1.807, 2.05) is 54.6 Å². The maximum atomic E-state index is 13.2. The van der Waals surface area contributed by atoms with Gasteiger partial charge in [0.05, 0.1) is 23.3 Å². The molecule has 0 unspecified atom stereocenters. The van der Waals surface area contributed by atoms with Gasteiger partial charge in [-0.1, -0.05) is 75.7 Å².